The fraction of sp³-hybridized carbons (Fsp3) is 0.500. The molecular weight excluding hydrogens is 318 g/mol. The van der Waals surface area contributed by atoms with E-state index in [-0.39, 0.29) is 0 Å². The molecule has 0 radical (unpaired) electrons. The minimum absolute atomic E-state index is 0.746. The maximum atomic E-state index is 2.61. The first kappa shape index (κ1) is 15.6. The zero-order valence-electron chi connectivity index (χ0n) is 14.1. The molecule has 1 unspecified atom stereocenters. The van der Waals surface area contributed by atoms with E-state index in [1.807, 2.05) is 22.7 Å². The van der Waals surface area contributed by atoms with Gasteiger partial charge >= 0.3 is 0 Å². The summed E-state index contributed by atoms with van der Waals surface area (Å²) in [6, 6.07) is 10.6. The van der Waals surface area contributed by atoms with Gasteiger partial charge in [0.25, 0.3) is 0 Å². The minimum atomic E-state index is 0.746. The van der Waals surface area contributed by atoms with Crippen LogP contribution < -0.4 is 0 Å². The van der Waals surface area contributed by atoms with Gasteiger partial charge < -0.3 is 4.48 Å². The lowest BCUT2D eigenvalue weighted by Gasteiger charge is -2.53. The Kier molecular flexibility index (Phi) is 4.21. The summed E-state index contributed by atoms with van der Waals surface area (Å²) in [6.07, 6.45) is 9.62. The molecule has 4 rings (SSSR count). The zero-order chi connectivity index (χ0) is 15.9. The zero-order valence-corrected chi connectivity index (χ0v) is 15.7. The number of fused-ring (bicyclic) bond motifs is 2. The van der Waals surface area contributed by atoms with Gasteiger partial charge in [0.15, 0.2) is 0 Å². The van der Waals surface area contributed by atoms with Gasteiger partial charge in [0.1, 0.15) is 0 Å². The van der Waals surface area contributed by atoms with Crippen LogP contribution in [0.5, 0.6) is 0 Å². The van der Waals surface area contributed by atoms with Crippen LogP contribution in [0.4, 0.5) is 0 Å². The average Bonchev–Trinajstić information content (AvgIpc) is 3.19. The number of rotatable bonds is 3. The summed E-state index contributed by atoms with van der Waals surface area (Å²) < 4.78 is 1.26. The Morgan fingerprint density at radius 2 is 1.57 bits per heavy atom. The largest absolute Gasteiger partial charge is 0.324 e. The Labute approximate surface area is 147 Å². The van der Waals surface area contributed by atoms with Crippen molar-refractivity contribution in [3.8, 4) is 0 Å². The monoisotopic (exact) mass is 344 g/mol. The summed E-state index contributed by atoms with van der Waals surface area (Å²) >= 11 is 3.75. The van der Waals surface area contributed by atoms with Gasteiger partial charge in [0.05, 0.1) is 26.2 Å². The van der Waals surface area contributed by atoms with Crippen LogP contribution in [-0.2, 0) is 0 Å². The molecule has 2 bridgehead atoms. The number of hydrogen-bond acceptors (Lipinski definition) is 2. The molecule has 2 aliphatic heterocycles. The quantitative estimate of drug-likeness (QED) is 0.631. The summed E-state index contributed by atoms with van der Waals surface area (Å²) in [5, 5.41) is 4.40. The first-order valence-corrected chi connectivity index (χ1v) is 10.5. The Morgan fingerprint density at radius 1 is 1.00 bits per heavy atom. The number of hydrogen-bond donors (Lipinski definition) is 0. The molecule has 23 heavy (non-hydrogen) atoms. The molecule has 1 nitrogen and oxygen atoms in total. The van der Waals surface area contributed by atoms with E-state index in [0.29, 0.717) is 0 Å². The molecule has 3 heteroatoms. The molecule has 0 N–H and O–H groups in total. The molecule has 2 aromatic heterocycles. The van der Waals surface area contributed by atoms with E-state index in [0.717, 1.165) is 18.0 Å². The van der Waals surface area contributed by atoms with Gasteiger partial charge in [0, 0.05) is 28.2 Å². The van der Waals surface area contributed by atoms with Crippen molar-refractivity contribution >= 4 is 28.2 Å². The first-order chi connectivity index (χ1) is 11.1. The van der Waals surface area contributed by atoms with Gasteiger partial charge in [-0.2, -0.15) is 0 Å². The topological polar surface area (TPSA) is 0 Å². The van der Waals surface area contributed by atoms with Crippen LogP contribution in [0.1, 0.15) is 41.9 Å². The summed E-state index contributed by atoms with van der Waals surface area (Å²) in [5.41, 5.74) is 1.48. The molecule has 0 spiro atoms. The Morgan fingerprint density at radius 3 is 2.04 bits per heavy atom. The predicted octanol–water partition coefficient (Wildman–Crippen LogP) is 5.65. The molecule has 2 saturated heterocycles. The number of nitrogens with zero attached hydrogens (tertiary/aromatic N) is 1. The van der Waals surface area contributed by atoms with E-state index in [4.69, 9.17) is 0 Å². The van der Waals surface area contributed by atoms with Crippen molar-refractivity contribution in [2.45, 2.75) is 44.2 Å². The number of piperidine rings is 2. The number of allylic oxidation sites excluding steroid dienone is 1. The third-order valence-electron chi connectivity index (χ3n) is 6.08. The van der Waals surface area contributed by atoms with Crippen LogP contribution in [-0.4, -0.2) is 30.7 Å². The van der Waals surface area contributed by atoms with Crippen molar-refractivity contribution in [2.75, 3.05) is 14.1 Å². The van der Waals surface area contributed by atoms with Crippen molar-refractivity contribution in [1.82, 2.24) is 0 Å². The lowest BCUT2D eigenvalue weighted by Crippen LogP contribution is -2.61. The van der Waals surface area contributed by atoms with E-state index < -0.39 is 0 Å². The Balaban J connectivity index is 1.65. The molecule has 0 saturated carbocycles. The van der Waals surface area contributed by atoms with Crippen LogP contribution in [0.3, 0.4) is 0 Å². The second-order valence-corrected chi connectivity index (χ2v) is 9.53. The molecule has 4 heterocycles. The van der Waals surface area contributed by atoms with Gasteiger partial charge in [-0.05, 0) is 48.1 Å². The summed E-state index contributed by atoms with van der Waals surface area (Å²) in [5.74, 6) is 0.746. The molecule has 2 aliphatic rings. The lowest BCUT2D eigenvalue weighted by molar-refractivity contribution is -0.950. The number of thiophene rings is 2. The third-order valence-corrected chi connectivity index (χ3v) is 7.89. The average molecular weight is 345 g/mol. The standard InChI is InChI=1S/C20H26NS2/c1-21(2)16-6-3-7-17(21)13-15(12-16)14-18(19-8-4-10-22-19)20-9-5-11-23-20/h4-5,8-11,14-17H,3,6-7,12-13H2,1-2H3/q+1/t15?,16-,17+. The minimum Gasteiger partial charge on any atom is -0.324 e. The van der Waals surface area contributed by atoms with Gasteiger partial charge in [-0.25, -0.2) is 0 Å². The van der Waals surface area contributed by atoms with Crippen molar-refractivity contribution in [1.29, 1.82) is 0 Å². The van der Waals surface area contributed by atoms with E-state index in [1.165, 1.54) is 51.9 Å². The second-order valence-electron chi connectivity index (χ2n) is 7.63. The Bertz CT molecular complexity index is 614. The second kappa shape index (κ2) is 6.19. The van der Waals surface area contributed by atoms with Crippen LogP contribution >= 0.6 is 22.7 Å². The van der Waals surface area contributed by atoms with Crippen LogP contribution in [0.25, 0.3) is 5.57 Å². The molecule has 0 aliphatic carbocycles. The summed E-state index contributed by atoms with van der Waals surface area (Å²) in [6.45, 7) is 0. The summed E-state index contributed by atoms with van der Waals surface area (Å²) in [4.78, 5) is 2.86. The highest BCUT2D eigenvalue weighted by atomic mass is 32.1. The normalized spacial score (nSPS) is 29.2. The summed E-state index contributed by atoms with van der Waals surface area (Å²) in [7, 11) is 4.93. The van der Waals surface area contributed by atoms with E-state index >= 15 is 0 Å². The van der Waals surface area contributed by atoms with Crippen LogP contribution in [0.15, 0.2) is 41.1 Å². The lowest BCUT2D eigenvalue weighted by atomic mass is 9.76. The van der Waals surface area contributed by atoms with Crippen molar-refractivity contribution < 1.29 is 4.48 Å². The fourth-order valence-corrected chi connectivity index (χ4v) is 6.24. The van der Waals surface area contributed by atoms with E-state index in [2.05, 4.69) is 55.2 Å². The van der Waals surface area contributed by atoms with E-state index in [1.54, 1.807) is 0 Å². The SMILES string of the molecule is C[N+]1(C)[C@@H]2CCC[C@H]1CC(C=C(c1cccs1)c1cccs1)C2. The van der Waals surface area contributed by atoms with Crippen molar-refractivity contribution in [3.05, 3.63) is 50.9 Å². The van der Waals surface area contributed by atoms with Crippen molar-refractivity contribution in [3.63, 3.8) is 0 Å². The molecule has 2 aromatic rings. The molecule has 2 fully saturated rings. The maximum absolute atomic E-state index is 2.61. The van der Waals surface area contributed by atoms with Gasteiger partial charge in [0.2, 0.25) is 0 Å². The van der Waals surface area contributed by atoms with Gasteiger partial charge in [-0.1, -0.05) is 18.2 Å². The fourth-order valence-electron chi connectivity index (χ4n) is 4.65. The molecule has 3 atom stereocenters. The highest BCUT2D eigenvalue weighted by Crippen LogP contribution is 2.42. The number of quaternary nitrogens is 1. The smallest absolute Gasteiger partial charge is 0.0894 e. The van der Waals surface area contributed by atoms with Crippen LogP contribution in [0, 0.1) is 5.92 Å². The van der Waals surface area contributed by atoms with Crippen molar-refractivity contribution in [2.24, 2.45) is 5.92 Å². The van der Waals surface area contributed by atoms with E-state index in [9.17, 15) is 0 Å². The van der Waals surface area contributed by atoms with Gasteiger partial charge in [-0.15, -0.1) is 22.7 Å². The third kappa shape index (κ3) is 2.95. The highest BCUT2D eigenvalue weighted by Gasteiger charge is 2.45. The predicted molar refractivity (Wildman–Crippen MR) is 102 cm³/mol. The molecule has 0 aromatic carbocycles. The van der Waals surface area contributed by atoms with Crippen LogP contribution in [0.2, 0.25) is 0 Å². The molecule has 122 valence electrons. The molecular formula is C20H26NS2+. The van der Waals surface area contributed by atoms with Gasteiger partial charge in [-0.3, -0.25) is 0 Å². The Hall–Kier alpha value is -0.900. The highest BCUT2D eigenvalue weighted by molar-refractivity contribution is 7.13. The maximum Gasteiger partial charge on any atom is 0.0894 e. The molecule has 0 amide bonds. The first-order valence-electron chi connectivity index (χ1n) is 8.77.